The van der Waals surface area contributed by atoms with Crippen molar-refractivity contribution in [1.82, 2.24) is 4.57 Å². The molecule has 2 unspecified atom stereocenters. The summed E-state index contributed by atoms with van der Waals surface area (Å²) >= 11 is 0. The minimum Gasteiger partial charge on any atom is -0.497 e. The van der Waals surface area contributed by atoms with E-state index < -0.39 is 33.6 Å². The van der Waals surface area contributed by atoms with Crippen molar-refractivity contribution in [3.63, 3.8) is 0 Å². The lowest BCUT2D eigenvalue weighted by atomic mass is 10.1. The predicted molar refractivity (Wildman–Crippen MR) is 114 cm³/mol. The lowest BCUT2D eigenvalue weighted by Crippen LogP contribution is -2.42. The number of oxime groups is 1. The van der Waals surface area contributed by atoms with Crippen LogP contribution in [-0.4, -0.2) is 38.1 Å². The first-order valence-electron chi connectivity index (χ1n) is 8.91. The highest BCUT2D eigenvalue weighted by Crippen LogP contribution is 2.20. The molecule has 2 rings (SSSR count). The second-order valence-corrected chi connectivity index (χ2v) is 8.20. The van der Waals surface area contributed by atoms with E-state index in [2.05, 4.69) is 9.88 Å². The Hall–Kier alpha value is -3.74. The molecule has 1 aromatic carbocycles. The van der Waals surface area contributed by atoms with Crippen LogP contribution in [0, 0.1) is 6.92 Å². The lowest BCUT2D eigenvalue weighted by Gasteiger charge is -2.24. The number of aryl methyl sites for hydroxylation is 1. The Morgan fingerprint density at radius 2 is 1.74 bits per heavy atom. The smallest absolute Gasteiger partial charge is 0.275 e. The fraction of sp³-hybridized carbons (Fsp3) is 0.278. The zero-order valence-electron chi connectivity index (χ0n) is 17.1. The van der Waals surface area contributed by atoms with Crippen LogP contribution in [0.3, 0.4) is 0 Å². The van der Waals surface area contributed by atoms with E-state index in [0.717, 1.165) is 4.57 Å². The van der Waals surface area contributed by atoms with Crippen molar-refractivity contribution in [2.75, 3.05) is 11.8 Å². The molecule has 31 heavy (non-hydrogen) atoms. The van der Waals surface area contributed by atoms with Gasteiger partial charge in [0.15, 0.2) is 12.1 Å². The summed E-state index contributed by atoms with van der Waals surface area (Å²) in [6.07, 6.45) is -1.04. The number of nitrogens with zero attached hydrogens (tertiary/aromatic N) is 2. The van der Waals surface area contributed by atoms with Crippen LogP contribution in [0.1, 0.15) is 18.7 Å². The van der Waals surface area contributed by atoms with Crippen molar-refractivity contribution >= 4 is 27.6 Å². The largest absolute Gasteiger partial charge is 0.497 e. The average Bonchev–Trinajstić information content (AvgIpc) is 2.71. The van der Waals surface area contributed by atoms with Gasteiger partial charge in [-0.1, -0.05) is 0 Å². The van der Waals surface area contributed by atoms with E-state index in [1.165, 1.54) is 50.4 Å². The van der Waals surface area contributed by atoms with Crippen molar-refractivity contribution in [2.45, 2.75) is 30.9 Å². The van der Waals surface area contributed by atoms with Gasteiger partial charge in [-0.3, -0.25) is 18.9 Å². The number of rotatable bonds is 9. The number of ether oxygens (including phenoxy) is 1. The topological polar surface area (TPSA) is 194 Å². The minimum atomic E-state index is -4.10. The molecule has 1 amide bonds. The molecule has 0 aliphatic carbocycles. The maximum atomic E-state index is 13.1. The highest BCUT2D eigenvalue weighted by molar-refractivity contribution is 7.92. The first-order valence-corrected chi connectivity index (χ1v) is 10.4. The third kappa shape index (κ3) is 5.45. The monoisotopic (exact) mass is 452 g/mol. The highest BCUT2D eigenvalue weighted by atomic mass is 32.2. The minimum absolute atomic E-state index is 0.0873. The quantitative estimate of drug-likeness (QED) is 0.224. The molecular formula is C18H24N6O6S. The van der Waals surface area contributed by atoms with Gasteiger partial charge in [-0.05, 0) is 55.4 Å². The number of nitrogens with one attached hydrogen (secondary N) is 1. The number of sulfonamides is 1. The number of aromatic nitrogens is 1. The van der Waals surface area contributed by atoms with E-state index in [4.69, 9.17) is 26.8 Å². The van der Waals surface area contributed by atoms with Gasteiger partial charge in [0.1, 0.15) is 11.4 Å². The van der Waals surface area contributed by atoms with Gasteiger partial charge >= 0.3 is 0 Å². The van der Waals surface area contributed by atoms with E-state index in [-0.39, 0.29) is 16.5 Å². The first kappa shape index (κ1) is 23.5. The molecule has 7 N–H and O–H groups in total. The maximum absolute atomic E-state index is 13.1. The summed E-state index contributed by atoms with van der Waals surface area (Å²) in [4.78, 5) is 30.1. The molecule has 0 radical (unpaired) electrons. The maximum Gasteiger partial charge on any atom is 0.275 e. The number of carbonyl (C=O) groups excluding carboxylic acids is 1. The van der Waals surface area contributed by atoms with Crippen LogP contribution >= 0.6 is 0 Å². The van der Waals surface area contributed by atoms with Gasteiger partial charge in [-0.25, -0.2) is 8.42 Å². The second kappa shape index (κ2) is 9.38. The molecule has 0 aliphatic heterocycles. The van der Waals surface area contributed by atoms with E-state index in [0.29, 0.717) is 11.4 Å². The predicted octanol–water partition coefficient (Wildman–Crippen LogP) is -0.414. The number of pyridine rings is 1. The number of nitrogens with two attached hydrogens (primary N) is 3. The zero-order chi connectivity index (χ0) is 23.3. The van der Waals surface area contributed by atoms with Crippen LogP contribution in [0.2, 0.25) is 0 Å². The summed E-state index contributed by atoms with van der Waals surface area (Å²) in [5, 5.41) is 3.38. The lowest BCUT2D eigenvalue weighted by molar-refractivity contribution is -0.125. The van der Waals surface area contributed by atoms with Crippen molar-refractivity contribution < 1.29 is 22.8 Å². The van der Waals surface area contributed by atoms with Crippen LogP contribution in [-0.2, 0) is 19.7 Å². The molecule has 0 spiro atoms. The number of amides is 1. The molecule has 168 valence electrons. The van der Waals surface area contributed by atoms with Crippen molar-refractivity contribution in [2.24, 2.45) is 22.4 Å². The van der Waals surface area contributed by atoms with Gasteiger partial charge in [0.05, 0.1) is 12.0 Å². The van der Waals surface area contributed by atoms with Crippen molar-refractivity contribution in [3.05, 3.63) is 52.4 Å². The Bertz CT molecular complexity index is 1140. The third-order valence-electron chi connectivity index (χ3n) is 4.27. The van der Waals surface area contributed by atoms with Crippen molar-refractivity contribution in [1.29, 1.82) is 0 Å². The van der Waals surface area contributed by atoms with E-state index in [1.807, 2.05) is 0 Å². The van der Waals surface area contributed by atoms with Crippen LogP contribution < -0.4 is 32.2 Å². The fourth-order valence-corrected chi connectivity index (χ4v) is 3.85. The molecule has 13 heteroatoms. The first-order chi connectivity index (χ1) is 14.5. The van der Waals surface area contributed by atoms with Gasteiger partial charge in [-0.15, -0.1) is 0 Å². The Morgan fingerprint density at radius 3 is 2.26 bits per heavy atom. The average molecular weight is 452 g/mol. The summed E-state index contributed by atoms with van der Waals surface area (Å²) in [5.41, 5.74) is 15.1. The van der Waals surface area contributed by atoms with Gasteiger partial charge < -0.3 is 26.8 Å². The Labute approximate surface area is 178 Å². The standard InChI is InChI=1S/C18H24N6O6S/c1-10-4-9-14(23-31(27,28)13-7-5-12(29-3)6-8-13)17(26)24(10)15(16(19)25)11(2)30-22-18(20)21/h4-9,11,15,23H,1-3H3,(H2,19,25)(H4,20,21,22). The summed E-state index contributed by atoms with van der Waals surface area (Å²) in [6, 6.07) is 7.00. The summed E-state index contributed by atoms with van der Waals surface area (Å²) in [5.74, 6) is -0.825. The molecule has 1 aromatic heterocycles. The van der Waals surface area contributed by atoms with E-state index >= 15 is 0 Å². The number of anilines is 1. The Morgan fingerprint density at radius 1 is 1.13 bits per heavy atom. The van der Waals surface area contributed by atoms with Gasteiger partial charge in [0.2, 0.25) is 11.9 Å². The zero-order valence-corrected chi connectivity index (χ0v) is 17.9. The number of primary amides is 1. The van der Waals surface area contributed by atoms with Crippen LogP contribution in [0.5, 0.6) is 5.75 Å². The normalized spacial score (nSPS) is 13.0. The van der Waals surface area contributed by atoms with Crippen LogP contribution in [0.25, 0.3) is 0 Å². The SMILES string of the molecule is COc1ccc(S(=O)(=O)Nc2ccc(C)n(C(C(N)=O)C(C)ON=C(N)N)c2=O)cc1. The summed E-state index contributed by atoms with van der Waals surface area (Å²) in [6.45, 7) is 2.98. The molecule has 0 fully saturated rings. The number of hydrogen-bond acceptors (Lipinski definition) is 7. The highest BCUT2D eigenvalue weighted by Gasteiger charge is 2.30. The van der Waals surface area contributed by atoms with Crippen molar-refractivity contribution in [3.8, 4) is 5.75 Å². The van der Waals surface area contributed by atoms with Gasteiger partial charge in [0, 0.05) is 5.69 Å². The second-order valence-electron chi connectivity index (χ2n) is 6.52. The molecule has 0 aliphatic rings. The number of hydrogen-bond donors (Lipinski definition) is 4. The molecule has 12 nitrogen and oxygen atoms in total. The molecule has 2 aromatic rings. The summed E-state index contributed by atoms with van der Waals surface area (Å²) < 4.78 is 33.7. The molecule has 1 heterocycles. The molecular weight excluding hydrogens is 428 g/mol. The molecule has 2 atom stereocenters. The number of benzene rings is 1. The van der Waals surface area contributed by atoms with Gasteiger partial charge in [-0.2, -0.15) is 0 Å². The van der Waals surface area contributed by atoms with E-state index in [9.17, 15) is 18.0 Å². The Balaban J connectivity index is 2.48. The molecule has 0 saturated carbocycles. The van der Waals surface area contributed by atoms with Gasteiger partial charge in [0.25, 0.3) is 15.6 Å². The number of guanidine groups is 1. The number of carbonyl (C=O) groups is 1. The number of methoxy groups -OCH3 is 1. The molecule has 0 saturated heterocycles. The van der Waals surface area contributed by atoms with Crippen LogP contribution in [0.4, 0.5) is 5.69 Å². The van der Waals surface area contributed by atoms with E-state index in [1.54, 1.807) is 6.92 Å². The fourth-order valence-electron chi connectivity index (χ4n) is 2.80. The molecule has 0 bridgehead atoms. The van der Waals surface area contributed by atoms with Crippen LogP contribution in [0.15, 0.2) is 51.2 Å². The Kier molecular flexibility index (Phi) is 7.12. The third-order valence-corrected chi connectivity index (χ3v) is 5.65. The summed E-state index contributed by atoms with van der Waals surface area (Å²) in [7, 11) is -2.65.